The first kappa shape index (κ1) is 15.0. The molecule has 0 saturated heterocycles. The van der Waals surface area contributed by atoms with E-state index in [0.29, 0.717) is 21.5 Å². The molecule has 1 aromatic carbocycles. The maximum atomic E-state index is 11.9. The van der Waals surface area contributed by atoms with E-state index < -0.39 is 12.0 Å². The summed E-state index contributed by atoms with van der Waals surface area (Å²) in [6.45, 7) is 1.78. The molecule has 1 heterocycles. The quantitative estimate of drug-likeness (QED) is 0.791. The van der Waals surface area contributed by atoms with Crippen molar-refractivity contribution in [2.24, 2.45) is 7.05 Å². The highest BCUT2D eigenvalue weighted by atomic mass is 79.9. The predicted molar refractivity (Wildman–Crippen MR) is 81.7 cm³/mol. The third kappa shape index (κ3) is 3.60. The second-order valence-corrected chi connectivity index (χ2v) is 5.24. The highest BCUT2D eigenvalue weighted by Gasteiger charge is 2.11. The lowest BCUT2D eigenvalue weighted by atomic mass is 10.2. The van der Waals surface area contributed by atoms with E-state index in [1.54, 1.807) is 37.0 Å². The Bertz CT molecular complexity index is 711. The zero-order chi connectivity index (χ0) is 15.6. The second kappa shape index (κ2) is 5.96. The topological polar surface area (TPSA) is 96.3 Å². The number of hydrogen-bond donors (Lipinski definition) is 3. The van der Waals surface area contributed by atoms with E-state index in [4.69, 9.17) is 5.11 Å². The number of nitrogens with one attached hydrogen (secondary N) is 2. The number of halogens is 1. The number of hydrogen-bond acceptors (Lipinski definition) is 3. The smallest absolute Gasteiger partial charge is 0.336 e. The SMILES string of the molecule is Cc1nn(C)cc1NC(=O)Nc1ccc(Br)c(C(=O)O)c1. The lowest BCUT2D eigenvalue weighted by Crippen LogP contribution is -2.19. The summed E-state index contributed by atoms with van der Waals surface area (Å²) in [7, 11) is 1.75. The number of rotatable bonds is 3. The molecule has 7 nitrogen and oxygen atoms in total. The van der Waals surface area contributed by atoms with Crippen molar-refractivity contribution in [3.05, 3.63) is 40.1 Å². The summed E-state index contributed by atoms with van der Waals surface area (Å²) in [5.74, 6) is -1.07. The summed E-state index contributed by atoms with van der Waals surface area (Å²) in [6, 6.07) is 4.08. The molecule has 0 unspecified atom stereocenters. The first-order valence-electron chi connectivity index (χ1n) is 5.98. The molecule has 0 saturated carbocycles. The number of carbonyl (C=O) groups excluding carboxylic acids is 1. The first-order chi connectivity index (χ1) is 9.86. The lowest BCUT2D eigenvalue weighted by molar-refractivity contribution is 0.0696. The summed E-state index contributed by atoms with van der Waals surface area (Å²) < 4.78 is 2.04. The molecule has 0 radical (unpaired) electrons. The minimum absolute atomic E-state index is 0.0744. The molecule has 0 aliphatic rings. The Morgan fingerprint density at radius 1 is 1.33 bits per heavy atom. The van der Waals surface area contributed by atoms with Crippen LogP contribution >= 0.6 is 15.9 Å². The highest BCUT2D eigenvalue weighted by Crippen LogP contribution is 2.21. The Morgan fingerprint density at radius 2 is 2.05 bits per heavy atom. The van der Waals surface area contributed by atoms with Crippen LogP contribution in [-0.2, 0) is 7.05 Å². The molecule has 3 N–H and O–H groups in total. The van der Waals surface area contributed by atoms with Crippen LogP contribution in [0.1, 0.15) is 16.1 Å². The van der Waals surface area contributed by atoms with E-state index in [1.165, 1.54) is 6.07 Å². The third-order valence-corrected chi connectivity index (χ3v) is 3.41. The van der Waals surface area contributed by atoms with Crippen LogP contribution in [0.25, 0.3) is 0 Å². The van der Waals surface area contributed by atoms with Crippen LogP contribution in [0.2, 0.25) is 0 Å². The zero-order valence-corrected chi connectivity index (χ0v) is 12.9. The molecule has 0 spiro atoms. The number of aromatic carboxylic acids is 1. The molecule has 0 aliphatic carbocycles. The van der Waals surface area contributed by atoms with Gasteiger partial charge in [0.15, 0.2) is 0 Å². The Kier molecular flexibility index (Phi) is 4.27. The number of aromatic nitrogens is 2. The minimum Gasteiger partial charge on any atom is -0.478 e. The first-order valence-corrected chi connectivity index (χ1v) is 6.77. The molecule has 2 amide bonds. The summed E-state index contributed by atoms with van der Waals surface area (Å²) in [5, 5.41) is 18.4. The summed E-state index contributed by atoms with van der Waals surface area (Å²) in [4.78, 5) is 22.9. The fraction of sp³-hybridized carbons (Fsp3) is 0.154. The van der Waals surface area contributed by atoms with E-state index in [-0.39, 0.29) is 5.56 Å². The van der Waals surface area contributed by atoms with Crippen LogP contribution in [-0.4, -0.2) is 26.9 Å². The van der Waals surface area contributed by atoms with Crippen LogP contribution in [0, 0.1) is 6.92 Å². The summed E-state index contributed by atoms with van der Waals surface area (Å²) in [6.07, 6.45) is 1.68. The second-order valence-electron chi connectivity index (χ2n) is 4.38. The predicted octanol–water partition coefficient (Wildman–Crippen LogP) is 2.83. The minimum atomic E-state index is -1.07. The molecule has 1 aromatic heterocycles. The number of carboxylic acids is 1. The molecule has 0 atom stereocenters. The van der Waals surface area contributed by atoms with Gasteiger partial charge >= 0.3 is 12.0 Å². The zero-order valence-electron chi connectivity index (χ0n) is 11.3. The largest absolute Gasteiger partial charge is 0.478 e. The fourth-order valence-electron chi connectivity index (χ4n) is 1.77. The Balaban J connectivity index is 2.11. The van der Waals surface area contributed by atoms with E-state index in [1.807, 2.05) is 0 Å². The van der Waals surface area contributed by atoms with Gasteiger partial charge in [0.25, 0.3) is 0 Å². The highest BCUT2D eigenvalue weighted by molar-refractivity contribution is 9.10. The summed E-state index contributed by atoms with van der Waals surface area (Å²) >= 11 is 3.14. The standard InChI is InChI=1S/C13H13BrN4O3/c1-7-11(6-18(2)17-7)16-13(21)15-8-3-4-10(14)9(5-8)12(19)20/h3-6H,1-2H3,(H,19,20)(H2,15,16,21). The summed E-state index contributed by atoms with van der Waals surface area (Å²) in [5.41, 5.74) is 1.74. The molecule has 0 fully saturated rings. The molecule has 21 heavy (non-hydrogen) atoms. The Hall–Kier alpha value is -2.35. The van der Waals surface area contributed by atoms with Gasteiger partial charge in [0.2, 0.25) is 0 Å². The van der Waals surface area contributed by atoms with Crippen molar-refractivity contribution in [1.29, 1.82) is 0 Å². The molecular formula is C13H13BrN4O3. The molecule has 2 rings (SSSR count). The molecule has 0 bridgehead atoms. The van der Waals surface area contributed by atoms with E-state index in [0.717, 1.165) is 0 Å². The maximum Gasteiger partial charge on any atom is 0.336 e. The van der Waals surface area contributed by atoms with Gasteiger partial charge in [-0.15, -0.1) is 0 Å². The van der Waals surface area contributed by atoms with Crippen LogP contribution in [0.15, 0.2) is 28.9 Å². The number of aryl methyl sites for hydroxylation is 2. The Labute approximate surface area is 129 Å². The maximum absolute atomic E-state index is 11.9. The van der Waals surface area contributed by atoms with Gasteiger partial charge in [0.05, 0.1) is 16.9 Å². The fourth-order valence-corrected chi connectivity index (χ4v) is 2.19. The molecule has 110 valence electrons. The average molecular weight is 353 g/mol. The van der Waals surface area contributed by atoms with Crippen LogP contribution in [0.5, 0.6) is 0 Å². The van der Waals surface area contributed by atoms with Crippen molar-refractivity contribution in [2.75, 3.05) is 10.6 Å². The van der Waals surface area contributed by atoms with Crippen LogP contribution in [0.3, 0.4) is 0 Å². The van der Waals surface area contributed by atoms with Gasteiger partial charge in [0, 0.05) is 23.4 Å². The number of amides is 2. The van der Waals surface area contributed by atoms with Gasteiger partial charge in [-0.3, -0.25) is 4.68 Å². The van der Waals surface area contributed by atoms with E-state index in [9.17, 15) is 9.59 Å². The van der Waals surface area contributed by atoms with Gasteiger partial charge in [-0.05, 0) is 41.1 Å². The van der Waals surface area contributed by atoms with Crippen molar-refractivity contribution in [1.82, 2.24) is 9.78 Å². The normalized spacial score (nSPS) is 10.2. The number of carboxylic acid groups (broad SMARTS) is 1. The van der Waals surface area contributed by atoms with Crippen LogP contribution in [0.4, 0.5) is 16.2 Å². The monoisotopic (exact) mass is 352 g/mol. The van der Waals surface area contributed by atoms with E-state index in [2.05, 4.69) is 31.7 Å². The molecular weight excluding hydrogens is 340 g/mol. The van der Waals surface area contributed by atoms with Crippen molar-refractivity contribution in [3.8, 4) is 0 Å². The van der Waals surface area contributed by atoms with Crippen molar-refractivity contribution < 1.29 is 14.7 Å². The number of carbonyl (C=O) groups is 2. The molecule has 0 aliphatic heterocycles. The number of benzene rings is 1. The third-order valence-electron chi connectivity index (χ3n) is 2.72. The average Bonchev–Trinajstić information content (AvgIpc) is 2.69. The van der Waals surface area contributed by atoms with Crippen molar-refractivity contribution in [2.45, 2.75) is 6.92 Å². The van der Waals surface area contributed by atoms with Crippen LogP contribution < -0.4 is 10.6 Å². The molecule has 2 aromatic rings. The van der Waals surface area contributed by atoms with Gasteiger partial charge in [-0.1, -0.05) is 0 Å². The van der Waals surface area contributed by atoms with Gasteiger partial charge in [-0.2, -0.15) is 5.10 Å². The number of anilines is 2. The molecule has 8 heteroatoms. The van der Waals surface area contributed by atoms with Crippen molar-refractivity contribution >= 4 is 39.3 Å². The van der Waals surface area contributed by atoms with Gasteiger partial charge in [-0.25, -0.2) is 9.59 Å². The van der Waals surface area contributed by atoms with Gasteiger partial charge in [0.1, 0.15) is 0 Å². The number of nitrogens with zero attached hydrogens (tertiary/aromatic N) is 2. The number of urea groups is 1. The van der Waals surface area contributed by atoms with Crippen molar-refractivity contribution in [3.63, 3.8) is 0 Å². The van der Waals surface area contributed by atoms with E-state index >= 15 is 0 Å². The van der Waals surface area contributed by atoms with Gasteiger partial charge < -0.3 is 15.7 Å². The Morgan fingerprint density at radius 3 is 2.62 bits per heavy atom. The lowest BCUT2D eigenvalue weighted by Gasteiger charge is -2.08.